The van der Waals surface area contributed by atoms with Gasteiger partial charge >= 0.3 is 0 Å². The lowest BCUT2D eigenvalue weighted by atomic mass is 10.0. The molecule has 16 heavy (non-hydrogen) atoms. The molecule has 4 heteroatoms. The third-order valence-electron chi connectivity index (χ3n) is 2.52. The number of nitrogens with zero attached hydrogens (tertiary/aromatic N) is 1. The summed E-state index contributed by atoms with van der Waals surface area (Å²) in [6.45, 7) is 4.03. The topological polar surface area (TPSA) is 38.9 Å². The second-order valence-corrected chi connectivity index (χ2v) is 4.51. The van der Waals surface area contributed by atoms with Crippen molar-refractivity contribution in [2.75, 3.05) is 5.73 Å². The number of pyridine rings is 1. The maximum atomic E-state index is 13.6. The number of benzene rings is 1. The van der Waals surface area contributed by atoms with Crippen molar-refractivity contribution in [1.29, 1.82) is 0 Å². The molecular weight excluding hydrogens is 227 g/mol. The Bertz CT molecular complexity index is 552. The second-order valence-electron chi connectivity index (χ2n) is 4.08. The van der Waals surface area contributed by atoms with E-state index in [0.717, 1.165) is 5.56 Å². The van der Waals surface area contributed by atoms with Crippen LogP contribution < -0.4 is 5.73 Å². The molecule has 0 aliphatic rings. The standard InChI is InChI=1S/C12H12ClFN2/c1-6(2)9-4-7-3-8(13)5-10(14)11(7)16-12(9)15/h3-6H,1-2H3,(H2,15,16). The van der Waals surface area contributed by atoms with Gasteiger partial charge < -0.3 is 5.73 Å². The minimum Gasteiger partial charge on any atom is -0.383 e. The molecule has 0 spiro atoms. The molecule has 0 unspecified atom stereocenters. The van der Waals surface area contributed by atoms with Gasteiger partial charge in [0.1, 0.15) is 11.3 Å². The van der Waals surface area contributed by atoms with Gasteiger partial charge in [-0.2, -0.15) is 0 Å². The van der Waals surface area contributed by atoms with Gasteiger partial charge in [0, 0.05) is 10.4 Å². The van der Waals surface area contributed by atoms with Gasteiger partial charge in [-0.05, 0) is 29.7 Å². The first-order chi connectivity index (χ1) is 7.49. The predicted octanol–water partition coefficient (Wildman–Crippen LogP) is 3.73. The largest absolute Gasteiger partial charge is 0.383 e. The van der Waals surface area contributed by atoms with Crippen molar-refractivity contribution in [3.63, 3.8) is 0 Å². The number of aromatic nitrogens is 1. The number of rotatable bonds is 1. The van der Waals surface area contributed by atoms with Gasteiger partial charge in [0.05, 0.1) is 0 Å². The summed E-state index contributed by atoms with van der Waals surface area (Å²) < 4.78 is 13.6. The lowest BCUT2D eigenvalue weighted by Gasteiger charge is -2.10. The van der Waals surface area contributed by atoms with Crippen molar-refractivity contribution in [2.45, 2.75) is 19.8 Å². The summed E-state index contributed by atoms with van der Waals surface area (Å²) in [6, 6.07) is 4.78. The lowest BCUT2D eigenvalue weighted by molar-refractivity contribution is 0.637. The first kappa shape index (κ1) is 11.1. The van der Waals surface area contributed by atoms with Crippen LogP contribution >= 0.6 is 11.6 Å². The average molecular weight is 239 g/mol. The maximum absolute atomic E-state index is 13.6. The van der Waals surface area contributed by atoms with Gasteiger partial charge in [0.2, 0.25) is 0 Å². The smallest absolute Gasteiger partial charge is 0.150 e. The van der Waals surface area contributed by atoms with Crippen molar-refractivity contribution in [2.24, 2.45) is 0 Å². The molecule has 0 aliphatic heterocycles. The Kier molecular flexibility index (Phi) is 2.72. The van der Waals surface area contributed by atoms with E-state index in [2.05, 4.69) is 4.98 Å². The molecule has 84 valence electrons. The van der Waals surface area contributed by atoms with E-state index in [1.54, 1.807) is 6.07 Å². The first-order valence-electron chi connectivity index (χ1n) is 5.04. The highest BCUT2D eigenvalue weighted by Crippen LogP contribution is 2.28. The molecular formula is C12H12ClFN2. The minimum absolute atomic E-state index is 0.249. The summed E-state index contributed by atoms with van der Waals surface area (Å²) in [4.78, 5) is 4.08. The van der Waals surface area contributed by atoms with Crippen molar-refractivity contribution in [3.05, 3.63) is 34.6 Å². The quantitative estimate of drug-likeness (QED) is 0.822. The van der Waals surface area contributed by atoms with E-state index >= 15 is 0 Å². The number of hydrogen-bond donors (Lipinski definition) is 1. The summed E-state index contributed by atoms with van der Waals surface area (Å²) in [5.41, 5.74) is 6.96. The predicted molar refractivity (Wildman–Crippen MR) is 65.2 cm³/mol. The van der Waals surface area contributed by atoms with Crippen LogP contribution in [0.4, 0.5) is 10.2 Å². The van der Waals surface area contributed by atoms with Crippen molar-refractivity contribution < 1.29 is 4.39 Å². The molecule has 0 radical (unpaired) electrons. The third kappa shape index (κ3) is 1.83. The van der Waals surface area contributed by atoms with Gasteiger partial charge in [-0.15, -0.1) is 0 Å². The van der Waals surface area contributed by atoms with Gasteiger partial charge in [-0.1, -0.05) is 25.4 Å². The van der Waals surface area contributed by atoms with E-state index in [9.17, 15) is 4.39 Å². The maximum Gasteiger partial charge on any atom is 0.150 e. The fraction of sp³-hybridized carbons (Fsp3) is 0.250. The molecule has 0 aliphatic carbocycles. The van der Waals surface area contributed by atoms with Crippen LogP contribution in [0.5, 0.6) is 0 Å². The van der Waals surface area contributed by atoms with Crippen LogP contribution in [0.3, 0.4) is 0 Å². The molecule has 1 aromatic heterocycles. The van der Waals surface area contributed by atoms with E-state index < -0.39 is 5.82 Å². The molecule has 0 saturated carbocycles. The molecule has 2 nitrogen and oxygen atoms in total. The lowest BCUT2D eigenvalue weighted by Crippen LogP contribution is -2.01. The number of nitrogen functional groups attached to an aromatic ring is 1. The molecule has 2 N–H and O–H groups in total. The summed E-state index contributed by atoms with van der Waals surface area (Å²) >= 11 is 5.80. The Morgan fingerprint density at radius 1 is 1.31 bits per heavy atom. The minimum atomic E-state index is -0.440. The van der Waals surface area contributed by atoms with Crippen molar-refractivity contribution >= 4 is 28.3 Å². The van der Waals surface area contributed by atoms with Crippen LogP contribution in [0.15, 0.2) is 18.2 Å². The van der Waals surface area contributed by atoms with Crippen LogP contribution in [-0.4, -0.2) is 4.98 Å². The Morgan fingerprint density at radius 3 is 2.62 bits per heavy atom. The van der Waals surface area contributed by atoms with E-state index in [-0.39, 0.29) is 11.4 Å². The number of hydrogen-bond acceptors (Lipinski definition) is 2. The number of halogens is 2. The molecule has 0 atom stereocenters. The SMILES string of the molecule is CC(C)c1cc2cc(Cl)cc(F)c2nc1N. The Morgan fingerprint density at radius 2 is 2.00 bits per heavy atom. The Labute approximate surface area is 98.2 Å². The van der Waals surface area contributed by atoms with E-state index in [1.807, 2.05) is 19.9 Å². The molecule has 0 saturated heterocycles. The summed E-state index contributed by atoms with van der Waals surface area (Å²) in [7, 11) is 0. The molecule has 1 aromatic carbocycles. The molecule has 0 amide bonds. The van der Waals surface area contributed by atoms with Crippen LogP contribution in [0.25, 0.3) is 10.9 Å². The molecule has 1 heterocycles. The molecule has 2 aromatic rings. The van der Waals surface area contributed by atoms with Crippen LogP contribution in [-0.2, 0) is 0 Å². The summed E-state index contributed by atoms with van der Waals surface area (Å²) in [6.07, 6.45) is 0. The van der Waals surface area contributed by atoms with Crippen LogP contribution in [0, 0.1) is 5.82 Å². The van der Waals surface area contributed by atoms with E-state index in [1.165, 1.54) is 6.07 Å². The molecule has 2 rings (SSSR count). The Balaban J connectivity index is 2.79. The first-order valence-corrected chi connectivity index (χ1v) is 5.42. The average Bonchev–Trinajstić information content (AvgIpc) is 2.18. The Hall–Kier alpha value is -1.35. The highest BCUT2D eigenvalue weighted by molar-refractivity contribution is 6.31. The second kappa shape index (κ2) is 3.91. The van der Waals surface area contributed by atoms with Crippen LogP contribution in [0.1, 0.15) is 25.3 Å². The zero-order valence-electron chi connectivity index (χ0n) is 9.09. The van der Waals surface area contributed by atoms with Gasteiger partial charge in [0.25, 0.3) is 0 Å². The number of fused-ring (bicyclic) bond motifs is 1. The fourth-order valence-corrected chi connectivity index (χ4v) is 1.92. The highest BCUT2D eigenvalue weighted by Gasteiger charge is 2.11. The zero-order valence-corrected chi connectivity index (χ0v) is 9.85. The summed E-state index contributed by atoms with van der Waals surface area (Å²) in [5.74, 6) is 0.187. The third-order valence-corrected chi connectivity index (χ3v) is 2.74. The number of nitrogens with two attached hydrogens (primary N) is 1. The summed E-state index contributed by atoms with van der Waals surface area (Å²) in [5, 5.41) is 1.05. The highest BCUT2D eigenvalue weighted by atomic mass is 35.5. The van der Waals surface area contributed by atoms with Gasteiger partial charge in [-0.25, -0.2) is 9.37 Å². The number of anilines is 1. The molecule has 0 fully saturated rings. The molecule has 0 bridgehead atoms. The van der Waals surface area contributed by atoms with Crippen molar-refractivity contribution in [1.82, 2.24) is 4.98 Å². The monoisotopic (exact) mass is 238 g/mol. The van der Waals surface area contributed by atoms with E-state index in [0.29, 0.717) is 16.2 Å². The van der Waals surface area contributed by atoms with Crippen LogP contribution in [0.2, 0.25) is 5.02 Å². The zero-order chi connectivity index (χ0) is 11.9. The van der Waals surface area contributed by atoms with Crippen molar-refractivity contribution in [3.8, 4) is 0 Å². The van der Waals surface area contributed by atoms with E-state index in [4.69, 9.17) is 17.3 Å². The fourth-order valence-electron chi connectivity index (χ4n) is 1.70. The van der Waals surface area contributed by atoms with Gasteiger partial charge in [-0.3, -0.25) is 0 Å². The normalized spacial score (nSPS) is 11.3. The van der Waals surface area contributed by atoms with Gasteiger partial charge in [0.15, 0.2) is 5.82 Å².